The Labute approximate surface area is 144 Å². The first-order valence-electron chi connectivity index (χ1n) is 9.04. The largest absolute Gasteiger partial charge is 0.497 e. The van der Waals surface area contributed by atoms with E-state index in [0.29, 0.717) is 11.8 Å². The van der Waals surface area contributed by atoms with Gasteiger partial charge in [0.1, 0.15) is 5.75 Å². The second kappa shape index (κ2) is 8.18. The molecule has 128 valence electrons. The van der Waals surface area contributed by atoms with Gasteiger partial charge in [-0.15, -0.1) is 0 Å². The van der Waals surface area contributed by atoms with E-state index in [1.807, 2.05) is 24.3 Å². The van der Waals surface area contributed by atoms with Gasteiger partial charge in [0.05, 0.1) is 7.11 Å². The Hall–Kier alpha value is -2.03. The second-order valence-corrected chi connectivity index (χ2v) is 6.75. The molecule has 0 radical (unpaired) electrons. The molecule has 1 aromatic carbocycles. The van der Waals surface area contributed by atoms with Crippen molar-refractivity contribution in [3.05, 3.63) is 48.6 Å². The van der Waals surface area contributed by atoms with Gasteiger partial charge in [-0.05, 0) is 62.5 Å². The van der Waals surface area contributed by atoms with Crippen molar-refractivity contribution in [2.75, 3.05) is 12.4 Å². The predicted molar refractivity (Wildman–Crippen MR) is 98.1 cm³/mol. The van der Waals surface area contributed by atoms with Gasteiger partial charge in [-0.3, -0.25) is 4.79 Å². The topological polar surface area (TPSA) is 38.3 Å². The monoisotopic (exact) mass is 325 g/mol. The van der Waals surface area contributed by atoms with Gasteiger partial charge in [-0.25, -0.2) is 0 Å². The average molecular weight is 325 g/mol. The number of methoxy groups -OCH3 is 1. The number of ether oxygens (including phenoxy) is 1. The summed E-state index contributed by atoms with van der Waals surface area (Å²) in [5.74, 6) is 2.17. The first-order chi connectivity index (χ1) is 11.8. The van der Waals surface area contributed by atoms with Crippen molar-refractivity contribution in [1.29, 1.82) is 0 Å². The van der Waals surface area contributed by atoms with Gasteiger partial charge in [0.25, 0.3) is 0 Å². The number of hydrogen-bond acceptors (Lipinski definition) is 2. The molecule has 1 amide bonds. The van der Waals surface area contributed by atoms with Crippen LogP contribution in [-0.4, -0.2) is 13.0 Å². The molecule has 3 heteroatoms. The molecule has 24 heavy (non-hydrogen) atoms. The van der Waals surface area contributed by atoms with Crippen LogP contribution in [-0.2, 0) is 4.79 Å². The van der Waals surface area contributed by atoms with Gasteiger partial charge in [-0.1, -0.05) is 30.4 Å². The highest BCUT2D eigenvalue weighted by Gasteiger charge is 2.52. The lowest BCUT2D eigenvalue weighted by molar-refractivity contribution is -0.117. The minimum atomic E-state index is 0.166. The normalized spacial score (nSPS) is 29.3. The van der Waals surface area contributed by atoms with E-state index in [1.54, 1.807) is 7.11 Å². The third kappa shape index (κ3) is 4.28. The molecule has 0 bridgehead atoms. The highest BCUT2D eigenvalue weighted by Crippen LogP contribution is 2.52. The zero-order chi connectivity index (χ0) is 16.8. The Morgan fingerprint density at radius 3 is 2.25 bits per heavy atom. The number of carbonyl (C=O) groups excluding carboxylic acids is 1. The summed E-state index contributed by atoms with van der Waals surface area (Å²) in [6.07, 6.45) is 15.8. The summed E-state index contributed by atoms with van der Waals surface area (Å²) in [6.45, 7) is 0. The van der Waals surface area contributed by atoms with Crippen molar-refractivity contribution < 1.29 is 9.53 Å². The lowest BCUT2D eigenvalue weighted by Gasteiger charge is -2.07. The number of carbonyl (C=O) groups is 1. The van der Waals surface area contributed by atoms with E-state index in [-0.39, 0.29) is 11.8 Å². The summed E-state index contributed by atoms with van der Waals surface area (Å²) < 4.78 is 5.23. The van der Waals surface area contributed by atoms with E-state index >= 15 is 0 Å². The van der Waals surface area contributed by atoms with E-state index in [2.05, 4.69) is 29.6 Å². The molecular formula is C21H27NO2. The van der Waals surface area contributed by atoms with Crippen LogP contribution in [0.2, 0.25) is 0 Å². The Balaban J connectivity index is 1.61. The summed E-state index contributed by atoms with van der Waals surface area (Å²) >= 11 is 0. The molecule has 2 aliphatic rings. The van der Waals surface area contributed by atoms with E-state index in [0.717, 1.165) is 50.0 Å². The molecule has 3 nitrogen and oxygen atoms in total. The summed E-state index contributed by atoms with van der Waals surface area (Å²) in [5, 5.41) is 3.08. The third-order valence-corrected chi connectivity index (χ3v) is 5.14. The molecule has 0 saturated heterocycles. The number of amides is 1. The fourth-order valence-corrected chi connectivity index (χ4v) is 3.79. The molecule has 0 heterocycles. The SMILES string of the molecule is COc1cccc(NC(=O)C2[C@H]3CC/C=C\CC/C=C\CC[C@@H]23)c1. The molecule has 2 aliphatic carbocycles. The predicted octanol–water partition coefficient (Wildman–Crippen LogP) is 4.96. The van der Waals surface area contributed by atoms with Crippen LogP contribution >= 0.6 is 0 Å². The Morgan fingerprint density at radius 1 is 1.00 bits per heavy atom. The van der Waals surface area contributed by atoms with Crippen LogP contribution in [0.1, 0.15) is 38.5 Å². The van der Waals surface area contributed by atoms with Crippen LogP contribution in [0.5, 0.6) is 5.75 Å². The Morgan fingerprint density at radius 2 is 1.62 bits per heavy atom. The number of rotatable bonds is 3. The smallest absolute Gasteiger partial charge is 0.228 e. The van der Waals surface area contributed by atoms with Gasteiger partial charge in [0, 0.05) is 17.7 Å². The number of hydrogen-bond donors (Lipinski definition) is 1. The highest BCUT2D eigenvalue weighted by molar-refractivity contribution is 5.95. The fraction of sp³-hybridized carbons (Fsp3) is 0.476. The van der Waals surface area contributed by atoms with Crippen molar-refractivity contribution in [1.82, 2.24) is 0 Å². The summed E-state index contributed by atoms with van der Waals surface area (Å²) in [4.78, 5) is 12.7. The van der Waals surface area contributed by atoms with E-state index in [1.165, 1.54) is 0 Å². The van der Waals surface area contributed by atoms with E-state index in [4.69, 9.17) is 4.74 Å². The van der Waals surface area contributed by atoms with Crippen LogP contribution in [0.3, 0.4) is 0 Å². The molecule has 1 aromatic rings. The highest BCUT2D eigenvalue weighted by atomic mass is 16.5. The van der Waals surface area contributed by atoms with Crippen molar-refractivity contribution in [2.45, 2.75) is 38.5 Å². The molecule has 1 unspecified atom stereocenters. The number of anilines is 1. The Kier molecular flexibility index (Phi) is 5.73. The maximum absolute atomic E-state index is 12.7. The molecule has 1 fully saturated rings. The fourth-order valence-electron chi connectivity index (χ4n) is 3.79. The molecule has 0 aromatic heterocycles. The van der Waals surface area contributed by atoms with Gasteiger partial charge >= 0.3 is 0 Å². The zero-order valence-electron chi connectivity index (χ0n) is 14.4. The molecular weight excluding hydrogens is 298 g/mol. The maximum atomic E-state index is 12.7. The molecule has 3 rings (SSSR count). The molecule has 1 saturated carbocycles. The average Bonchev–Trinajstić information content (AvgIpc) is 3.27. The van der Waals surface area contributed by atoms with Crippen LogP contribution < -0.4 is 10.1 Å². The number of allylic oxidation sites excluding steroid dienone is 4. The van der Waals surface area contributed by atoms with E-state index in [9.17, 15) is 4.79 Å². The third-order valence-electron chi connectivity index (χ3n) is 5.14. The van der Waals surface area contributed by atoms with E-state index < -0.39 is 0 Å². The van der Waals surface area contributed by atoms with Crippen molar-refractivity contribution in [3.8, 4) is 5.75 Å². The van der Waals surface area contributed by atoms with Crippen LogP contribution in [0.4, 0.5) is 5.69 Å². The lowest BCUT2D eigenvalue weighted by atomic mass is 10.1. The minimum absolute atomic E-state index is 0.166. The second-order valence-electron chi connectivity index (χ2n) is 6.75. The van der Waals surface area contributed by atoms with Crippen LogP contribution in [0, 0.1) is 17.8 Å². The minimum Gasteiger partial charge on any atom is -0.497 e. The van der Waals surface area contributed by atoms with Crippen LogP contribution in [0.15, 0.2) is 48.6 Å². The molecule has 0 aliphatic heterocycles. The Bertz CT molecular complexity index is 596. The van der Waals surface area contributed by atoms with Crippen molar-refractivity contribution in [2.24, 2.45) is 17.8 Å². The first-order valence-corrected chi connectivity index (χ1v) is 9.04. The number of benzene rings is 1. The van der Waals surface area contributed by atoms with Gasteiger partial charge < -0.3 is 10.1 Å². The summed E-state index contributed by atoms with van der Waals surface area (Å²) in [7, 11) is 1.64. The quantitative estimate of drug-likeness (QED) is 0.797. The number of fused-ring (bicyclic) bond motifs is 1. The zero-order valence-corrected chi connectivity index (χ0v) is 14.4. The summed E-state index contributed by atoms with van der Waals surface area (Å²) in [6, 6.07) is 7.58. The van der Waals surface area contributed by atoms with Crippen LogP contribution in [0.25, 0.3) is 0 Å². The lowest BCUT2D eigenvalue weighted by Crippen LogP contribution is -2.15. The maximum Gasteiger partial charge on any atom is 0.228 e. The molecule has 1 N–H and O–H groups in total. The standard InChI is InChI=1S/C21H27NO2/c1-24-17-12-10-11-16(15-17)22-21(23)20-18-13-8-6-4-2-3-5-7-9-14-19(18)20/h4-7,10-12,15,18-20H,2-3,8-9,13-14H2,1H3,(H,22,23)/b6-4-,7-5-/t18-,19+,20?. The molecule has 0 spiro atoms. The van der Waals surface area contributed by atoms with Crippen molar-refractivity contribution in [3.63, 3.8) is 0 Å². The van der Waals surface area contributed by atoms with Gasteiger partial charge in [-0.2, -0.15) is 0 Å². The van der Waals surface area contributed by atoms with Gasteiger partial charge in [0.2, 0.25) is 5.91 Å². The van der Waals surface area contributed by atoms with Gasteiger partial charge in [0.15, 0.2) is 0 Å². The summed E-state index contributed by atoms with van der Waals surface area (Å²) in [5.41, 5.74) is 0.821. The molecule has 3 atom stereocenters. The first kappa shape index (κ1) is 16.8. The van der Waals surface area contributed by atoms with Crippen molar-refractivity contribution >= 4 is 11.6 Å². The number of nitrogens with one attached hydrogen (secondary N) is 1.